The zero-order valence-corrected chi connectivity index (χ0v) is 15.0. The number of nitrogens with zero attached hydrogens (tertiary/aromatic N) is 2. The number of thioether (sulfide) groups is 1. The predicted molar refractivity (Wildman–Crippen MR) is 104 cm³/mol. The van der Waals surface area contributed by atoms with E-state index in [9.17, 15) is 9.59 Å². The van der Waals surface area contributed by atoms with Crippen LogP contribution in [0.3, 0.4) is 0 Å². The van der Waals surface area contributed by atoms with E-state index >= 15 is 0 Å². The molecule has 2 aromatic carbocycles. The van der Waals surface area contributed by atoms with Gasteiger partial charge >= 0.3 is 0 Å². The number of hydrogen-bond acceptors (Lipinski definition) is 4. The number of rotatable bonds is 4. The Labute approximate surface area is 154 Å². The topological polar surface area (TPSA) is 51.5 Å². The third kappa shape index (κ3) is 2.59. The molecule has 0 N–H and O–H groups in total. The minimum absolute atomic E-state index is 0.250. The summed E-state index contributed by atoms with van der Waals surface area (Å²) >= 11 is 0.874. The normalized spacial score (nSPS) is 14.5. The molecular weight excluding hydrogens is 348 g/mol. The first-order valence-corrected chi connectivity index (χ1v) is 8.86. The van der Waals surface area contributed by atoms with Crippen molar-refractivity contribution < 1.29 is 14.3 Å². The Morgan fingerprint density at radius 1 is 1.08 bits per heavy atom. The summed E-state index contributed by atoms with van der Waals surface area (Å²) in [6.07, 6.45) is 1.95. The van der Waals surface area contributed by atoms with Gasteiger partial charge in [-0.3, -0.25) is 9.59 Å². The Morgan fingerprint density at radius 3 is 2.62 bits per heavy atom. The van der Waals surface area contributed by atoms with Crippen molar-refractivity contribution in [1.29, 1.82) is 0 Å². The number of carbonyl (C=O) groups excluding carboxylic acids is 2. The van der Waals surface area contributed by atoms with Gasteiger partial charge in [-0.1, -0.05) is 30.8 Å². The predicted octanol–water partition coefficient (Wildman–Crippen LogP) is 4.41. The van der Waals surface area contributed by atoms with Crippen LogP contribution >= 0.6 is 11.8 Å². The van der Waals surface area contributed by atoms with Crippen LogP contribution in [0, 0.1) is 0 Å². The summed E-state index contributed by atoms with van der Waals surface area (Å²) in [7, 11) is 1.65. The van der Waals surface area contributed by atoms with Crippen LogP contribution in [0.4, 0.5) is 10.5 Å². The van der Waals surface area contributed by atoms with E-state index in [-0.39, 0.29) is 16.1 Å². The fourth-order valence-electron chi connectivity index (χ4n) is 3.17. The van der Waals surface area contributed by atoms with Crippen LogP contribution in [-0.4, -0.2) is 22.8 Å². The van der Waals surface area contributed by atoms with Gasteiger partial charge < -0.3 is 9.30 Å². The summed E-state index contributed by atoms with van der Waals surface area (Å²) in [6.45, 7) is 4.28. The van der Waals surface area contributed by atoms with Crippen LogP contribution in [0.5, 0.6) is 5.75 Å². The Hall–Kier alpha value is -2.99. The first-order chi connectivity index (χ1) is 12.6. The smallest absolute Gasteiger partial charge is 0.298 e. The van der Waals surface area contributed by atoms with E-state index in [1.807, 2.05) is 48.7 Å². The molecule has 0 atom stereocenters. The van der Waals surface area contributed by atoms with Crippen molar-refractivity contribution >= 4 is 39.5 Å². The highest BCUT2D eigenvalue weighted by molar-refractivity contribution is 8.18. The number of anilines is 1. The summed E-state index contributed by atoms with van der Waals surface area (Å²) in [5, 5.41) is 0.532. The molecule has 130 valence electrons. The van der Waals surface area contributed by atoms with Crippen molar-refractivity contribution in [3.05, 3.63) is 71.8 Å². The minimum atomic E-state index is -0.357. The van der Waals surface area contributed by atoms with E-state index in [0.717, 1.165) is 34.0 Å². The number of carbonyl (C=O) groups is 2. The number of benzene rings is 2. The zero-order valence-electron chi connectivity index (χ0n) is 14.1. The van der Waals surface area contributed by atoms with Gasteiger partial charge in [-0.25, -0.2) is 4.90 Å². The molecule has 1 saturated heterocycles. The molecule has 0 aliphatic carbocycles. The number of imide groups is 1. The van der Waals surface area contributed by atoms with Gasteiger partial charge in [-0.2, -0.15) is 0 Å². The summed E-state index contributed by atoms with van der Waals surface area (Å²) in [6, 6.07) is 15.4. The molecule has 2 amide bonds. The van der Waals surface area contributed by atoms with Crippen LogP contribution in [0.1, 0.15) is 5.56 Å². The van der Waals surface area contributed by atoms with Gasteiger partial charge in [0.2, 0.25) is 0 Å². The van der Waals surface area contributed by atoms with Crippen molar-refractivity contribution in [1.82, 2.24) is 4.57 Å². The molecular formula is C20H16N2O3S. The molecule has 6 heteroatoms. The van der Waals surface area contributed by atoms with Crippen LogP contribution in [0.25, 0.3) is 10.9 Å². The Balaban J connectivity index is 1.78. The zero-order chi connectivity index (χ0) is 18.3. The number of methoxy groups -OCH3 is 1. The number of fused-ring (bicyclic) bond motifs is 1. The second kappa shape index (κ2) is 6.38. The Kier molecular flexibility index (Phi) is 4.05. The highest BCUT2D eigenvalue weighted by Crippen LogP contribution is 2.37. The number of hydrogen-bond donors (Lipinski definition) is 0. The van der Waals surface area contributed by atoms with Crippen molar-refractivity contribution in [2.75, 3.05) is 12.0 Å². The standard InChI is InChI=1S/C20H16N2O3S/c1-13-19(23)22(20(24)26-13)17-8-5-7-16-15(17)10-11-21(16)12-14-6-3-4-9-18(14)25-2/h3-11H,1,12H2,2H3. The van der Waals surface area contributed by atoms with Gasteiger partial charge in [0.15, 0.2) is 0 Å². The van der Waals surface area contributed by atoms with E-state index in [4.69, 9.17) is 4.74 Å². The second-order valence-electron chi connectivity index (χ2n) is 5.90. The van der Waals surface area contributed by atoms with Crippen LogP contribution < -0.4 is 9.64 Å². The number of ether oxygens (including phenoxy) is 1. The van der Waals surface area contributed by atoms with Gasteiger partial charge in [-0.15, -0.1) is 0 Å². The highest BCUT2D eigenvalue weighted by atomic mass is 32.2. The molecule has 3 aromatic rings. The number of aromatic nitrogens is 1. The van der Waals surface area contributed by atoms with Crippen LogP contribution in [0.15, 0.2) is 66.2 Å². The highest BCUT2D eigenvalue weighted by Gasteiger charge is 2.36. The average Bonchev–Trinajstić information content (AvgIpc) is 3.16. The van der Waals surface area contributed by atoms with Crippen LogP contribution in [-0.2, 0) is 11.3 Å². The molecule has 26 heavy (non-hydrogen) atoms. The van der Waals surface area contributed by atoms with Gasteiger partial charge in [0.05, 0.1) is 29.8 Å². The summed E-state index contributed by atoms with van der Waals surface area (Å²) in [4.78, 5) is 26.0. The third-order valence-corrected chi connectivity index (χ3v) is 5.18. The van der Waals surface area contributed by atoms with E-state index in [0.29, 0.717) is 12.2 Å². The number of amides is 2. The average molecular weight is 364 g/mol. The van der Waals surface area contributed by atoms with Gasteiger partial charge in [-0.05, 0) is 36.0 Å². The van der Waals surface area contributed by atoms with Gasteiger partial charge in [0.1, 0.15) is 5.75 Å². The van der Waals surface area contributed by atoms with Crippen LogP contribution in [0.2, 0.25) is 0 Å². The molecule has 0 unspecified atom stereocenters. The van der Waals surface area contributed by atoms with Gasteiger partial charge in [0, 0.05) is 17.1 Å². The van der Waals surface area contributed by atoms with E-state index in [1.54, 1.807) is 13.2 Å². The SMILES string of the molecule is C=C1SC(=O)N(c2cccc3c2ccn3Cc2ccccc2OC)C1=O. The lowest BCUT2D eigenvalue weighted by Gasteiger charge is -2.15. The molecule has 0 radical (unpaired) electrons. The fraction of sp³-hybridized carbons (Fsp3) is 0.100. The van der Waals surface area contributed by atoms with E-state index in [1.165, 1.54) is 4.90 Å². The molecule has 1 fully saturated rings. The molecule has 1 aliphatic heterocycles. The Morgan fingerprint density at radius 2 is 1.88 bits per heavy atom. The first-order valence-electron chi connectivity index (χ1n) is 8.05. The molecule has 0 bridgehead atoms. The monoisotopic (exact) mass is 364 g/mol. The molecule has 0 saturated carbocycles. The lowest BCUT2D eigenvalue weighted by molar-refractivity contribution is -0.113. The lowest BCUT2D eigenvalue weighted by Crippen LogP contribution is -2.27. The van der Waals surface area contributed by atoms with Crippen molar-refractivity contribution in [2.24, 2.45) is 0 Å². The maximum Gasteiger partial charge on any atom is 0.298 e. The van der Waals surface area contributed by atoms with Crippen molar-refractivity contribution in [2.45, 2.75) is 6.54 Å². The molecule has 5 nitrogen and oxygen atoms in total. The molecule has 1 aliphatic rings. The largest absolute Gasteiger partial charge is 0.496 e. The van der Waals surface area contributed by atoms with Crippen molar-refractivity contribution in [3.8, 4) is 5.75 Å². The van der Waals surface area contributed by atoms with Crippen molar-refractivity contribution in [3.63, 3.8) is 0 Å². The summed E-state index contributed by atoms with van der Waals surface area (Å²) < 4.78 is 7.50. The summed E-state index contributed by atoms with van der Waals surface area (Å²) in [5.41, 5.74) is 2.58. The maximum atomic E-state index is 12.3. The van der Waals surface area contributed by atoms with E-state index in [2.05, 4.69) is 11.1 Å². The number of para-hydroxylation sites is 1. The molecule has 4 rings (SSSR count). The third-order valence-electron chi connectivity index (χ3n) is 4.40. The Bertz CT molecular complexity index is 1050. The molecule has 2 heterocycles. The fourth-order valence-corrected chi connectivity index (χ4v) is 3.83. The molecule has 0 spiro atoms. The maximum absolute atomic E-state index is 12.3. The quantitative estimate of drug-likeness (QED) is 0.644. The first kappa shape index (κ1) is 16.5. The van der Waals surface area contributed by atoms with Gasteiger partial charge in [0.25, 0.3) is 11.1 Å². The minimum Gasteiger partial charge on any atom is -0.496 e. The molecule has 1 aromatic heterocycles. The summed E-state index contributed by atoms with van der Waals surface area (Å²) in [5.74, 6) is 0.466. The second-order valence-corrected chi connectivity index (χ2v) is 6.94. The lowest BCUT2D eigenvalue weighted by atomic mass is 10.2. The van der Waals surface area contributed by atoms with E-state index < -0.39 is 0 Å².